The summed E-state index contributed by atoms with van der Waals surface area (Å²) in [5, 5.41) is 0. The lowest BCUT2D eigenvalue weighted by Crippen LogP contribution is -2.03. The van der Waals surface area contributed by atoms with Gasteiger partial charge in [-0.2, -0.15) is 0 Å². The number of ether oxygens (including phenoxy) is 2. The monoisotopic (exact) mass is 302 g/mol. The summed E-state index contributed by atoms with van der Waals surface area (Å²) < 4.78 is 10.5. The van der Waals surface area contributed by atoms with Crippen molar-refractivity contribution in [2.24, 2.45) is 0 Å². The molecule has 1 aromatic carbocycles. The molecule has 120 valence electrons. The molecular formula is C19H26O3. The predicted octanol–water partition coefficient (Wildman–Crippen LogP) is 4.85. The topological polar surface area (TPSA) is 35.5 Å². The number of carbonyl (C=O) groups is 1. The van der Waals surface area contributed by atoms with Crippen LogP contribution in [0.1, 0.15) is 49.5 Å². The minimum absolute atomic E-state index is 0.329. The van der Waals surface area contributed by atoms with Crippen molar-refractivity contribution in [3.05, 3.63) is 52.6 Å². The van der Waals surface area contributed by atoms with E-state index in [-0.39, 0.29) is 5.97 Å². The number of methoxy groups -OCH3 is 1. The maximum Gasteiger partial charge on any atom is 0.337 e. The first-order valence-electron chi connectivity index (χ1n) is 7.54. The lowest BCUT2D eigenvalue weighted by Gasteiger charge is -2.09. The van der Waals surface area contributed by atoms with E-state index < -0.39 is 0 Å². The van der Waals surface area contributed by atoms with Crippen LogP contribution in [0.2, 0.25) is 0 Å². The van der Waals surface area contributed by atoms with Gasteiger partial charge in [0.1, 0.15) is 12.4 Å². The minimum atomic E-state index is -0.329. The van der Waals surface area contributed by atoms with Crippen molar-refractivity contribution in [1.29, 1.82) is 0 Å². The highest BCUT2D eigenvalue weighted by Crippen LogP contribution is 2.20. The van der Waals surface area contributed by atoms with Crippen molar-refractivity contribution < 1.29 is 14.3 Å². The van der Waals surface area contributed by atoms with Crippen molar-refractivity contribution in [1.82, 2.24) is 0 Å². The first-order chi connectivity index (χ1) is 10.4. The molecule has 0 aliphatic carbocycles. The fourth-order valence-corrected chi connectivity index (χ4v) is 2.02. The molecule has 0 amide bonds. The van der Waals surface area contributed by atoms with Crippen molar-refractivity contribution >= 4 is 5.97 Å². The van der Waals surface area contributed by atoms with Crippen LogP contribution in [0.25, 0.3) is 0 Å². The molecular weight excluding hydrogens is 276 g/mol. The van der Waals surface area contributed by atoms with E-state index in [2.05, 4.69) is 32.9 Å². The summed E-state index contributed by atoms with van der Waals surface area (Å²) in [4.78, 5) is 11.5. The maximum atomic E-state index is 11.5. The van der Waals surface area contributed by atoms with Crippen LogP contribution in [0.3, 0.4) is 0 Å². The maximum absolute atomic E-state index is 11.5. The average molecular weight is 302 g/mol. The number of esters is 1. The van der Waals surface area contributed by atoms with E-state index in [1.807, 2.05) is 13.0 Å². The van der Waals surface area contributed by atoms with Gasteiger partial charge >= 0.3 is 5.97 Å². The number of benzene rings is 1. The SMILES string of the molecule is COC(=O)c1ccc(OC/C=C(\C)CCC=C(C)C)c(C)c1. The van der Waals surface area contributed by atoms with Gasteiger partial charge in [0, 0.05) is 0 Å². The molecule has 0 atom stereocenters. The fourth-order valence-electron chi connectivity index (χ4n) is 2.02. The zero-order chi connectivity index (χ0) is 16.5. The third kappa shape index (κ3) is 6.17. The zero-order valence-electron chi connectivity index (χ0n) is 14.2. The Balaban J connectivity index is 2.54. The van der Waals surface area contributed by atoms with Gasteiger partial charge in [-0.15, -0.1) is 0 Å². The van der Waals surface area contributed by atoms with Gasteiger partial charge in [-0.3, -0.25) is 0 Å². The standard InChI is InChI=1S/C19H26O3/c1-14(2)7-6-8-15(3)11-12-22-18-10-9-17(13-16(18)4)19(20)21-5/h7,9-11,13H,6,8,12H2,1-5H3/b15-11+. The van der Waals surface area contributed by atoms with E-state index in [1.165, 1.54) is 18.3 Å². The van der Waals surface area contributed by atoms with Gasteiger partial charge < -0.3 is 9.47 Å². The molecule has 0 aromatic heterocycles. The summed E-state index contributed by atoms with van der Waals surface area (Å²) in [7, 11) is 1.38. The van der Waals surface area contributed by atoms with Gasteiger partial charge in [-0.1, -0.05) is 17.2 Å². The number of hydrogen-bond acceptors (Lipinski definition) is 3. The summed E-state index contributed by atoms with van der Waals surface area (Å²) in [6.45, 7) is 8.81. The Morgan fingerprint density at radius 1 is 1.18 bits per heavy atom. The Kier molecular flexibility index (Phi) is 7.44. The Morgan fingerprint density at radius 3 is 2.50 bits per heavy atom. The molecule has 0 saturated heterocycles. The van der Waals surface area contributed by atoms with Gasteiger partial charge in [0.05, 0.1) is 12.7 Å². The summed E-state index contributed by atoms with van der Waals surface area (Å²) >= 11 is 0. The lowest BCUT2D eigenvalue weighted by atomic mass is 10.1. The average Bonchev–Trinajstić information content (AvgIpc) is 2.47. The second kappa shape index (κ2) is 9.08. The molecule has 3 nitrogen and oxygen atoms in total. The van der Waals surface area contributed by atoms with Gasteiger partial charge in [-0.25, -0.2) is 4.79 Å². The second-order valence-electron chi connectivity index (χ2n) is 5.65. The zero-order valence-corrected chi connectivity index (χ0v) is 14.2. The second-order valence-corrected chi connectivity index (χ2v) is 5.65. The van der Waals surface area contributed by atoms with Crippen LogP contribution in [0, 0.1) is 6.92 Å². The lowest BCUT2D eigenvalue weighted by molar-refractivity contribution is 0.0600. The van der Waals surface area contributed by atoms with Crippen LogP contribution < -0.4 is 4.74 Å². The van der Waals surface area contributed by atoms with Crippen LogP contribution >= 0.6 is 0 Å². The van der Waals surface area contributed by atoms with Crippen LogP contribution in [0.4, 0.5) is 0 Å². The highest BCUT2D eigenvalue weighted by molar-refractivity contribution is 5.89. The first-order valence-corrected chi connectivity index (χ1v) is 7.54. The predicted molar refractivity (Wildman–Crippen MR) is 90.4 cm³/mol. The summed E-state index contributed by atoms with van der Waals surface area (Å²) in [5.41, 5.74) is 4.14. The molecule has 0 heterocycles. The fraction of sp³-hybridized carbons (Fsp3) is 0.421. The minimum Gasteiger partial charge on any atom is -0.489 e. The van der Waals surface area contributed by atoms with Crippen LogP contribution in [0.15, 0.2) is 41.5 Å². The van der Waals surface area contributed by atoms with Crippen LogP contribution in [-0.2, 0) is 4.74 Å². The van der Waals surface area contributed by atoms with E-state index in [0.717, 1.165) is 24.2 Å². The Morgan fingerprint density at radius 2 is 1.91 bits per heavy atom. The van der Waals surface area contributed by atoms with Crippen molar-refractivity contribution in [2.45, 2.75) is 40.5 Å². The normalized spacial score (nSPS) is 11.0. The number of rotatable bonds is 7. The Bertz CT molecular complexity index is 564. The molecule has 0 spiro atoms. The summed E-state index contributed by atoms with van der Waals surface area (Å²) in [6.07, 6.45) is 6.46. The summed E-state index contributed by atoms with van der Waals surface area (Å²) in [5.74, 6) is 0.464. The van der Waals surface area contributed by atoms with Crippen molar-refractivity contribution in [2.75, 3.05) is 13.7 Å². The molecule has 3 heteroatoms. The molecule has 0 fully saturated rings. The molecule has 0 radical (unpaired) electrons. The molecule has 0 unspecified atom stereocenters. The smallest absolute Gasteiger partial charge is 0.337 e. The molecule has 1 rings (SSSR count). The van der Waals surface area contributed by atoms with Crippen LogP contribution in [-0.4, -0.2) is 19.7 Å². The van der Waals surface area contributed by atoms with E-state index in [9.17, 15) is 4.79 Å². The van der Waals surface area contributed by atoms with E-state index in [4.69, 9.17) is 9.47 Å². The van der Waals surface area contributed by atoms with E-state index >= 15 is 0 Å². The molecule has 0 aliphatic rings. The highest BCUT2D eigenvalue weighted by atomic mass is 16.5. The molecule has 1 aromatic rings. The number of allylic oxidation sites excluding steroid dienone is 3. The van der Waals surface area contributed by atoms with Gasteiger partial charge in [0.15, 0.2) is 0 Å². The number of aryl methyl sites for hydroxylation is 1. The van der Waals surface area contributed by atoms with Gasteiger partial charge in [0.25, 0.3) is 0 Å². The Labute approximate surface area is 133 Å². The first kappa shape index (κ1) is 18.0. The quantitative estimate of drug-likeness (QED) is 0.533. The Hall–Kier alpha value is -2.03. The molecule has 0 bridgehead atoms. The van der Waals surface area contributed by atoms with E-state index in [0.29, 0.717) is 12.2 Å². The third-order valence-electron chi connectivity index (χ3n) is 3.36. The number of hydrogen-bond donors (Lipinski definition) is 0. The van der Waals surface area contributed by atoms with Gasteiger partial charge in [0.2, 0.25) is 0 Å². The van der Waals surface area contributed by atoms with Crippen molar-refractivity contribution in [3.63, 3.8) is 0 Å². The van der Waals surface area contributed by atoms with Gasteiger partial charge in [-0.05, 0) is 70.4 Å². The third-order valence-corrected chi connectivity index (χ3v) is 3.36. The molecule has 0 saturated carbocycles. The molecule has 0 N–H and O–H groups in total. The summed E-state index contributed by atoms with van der Waals surface area (Å²) in [6, 6.07) is 5.32. The van der Waals surface area contributed by atoms with Crippen molar-refractivity contribution in [3.8, 4) is 5.75 Å². The highest BCUT2D eigenvalue weighted by Gasteiger charge is 2.07. The molecule has 0 aliphatic heterocycles. The van der Waals surface area contributed by atoms with E-state index in [1.54, 1.807) is 12.1 Å². The molecule has 22 heavy (non-hydrogen) atoms. The largest absolute Gasteiger partial charge is 0.489 e. The van der Waals surface area contributed by atoms with Crippen LogP contribution in [0.5, 0.6) is 5.75 Å². The number of carbonyl (C=O) groups excluding carboxylic acids is 1.